The number of aliphatic imine (C=N–C) groups is 1. The number of benzene rings is 3. The predicted octanol–water partition coefficient (Wildman–Crippen LogP) is 4.59. The Morgan fingerprint density at radius 2 is 1.64 bits per heavy atom. The Labute approximate surface area is 164 Å². The molecular formula is C25H20N2O. The second-order valence-electron chi connectivity index (χ2n) is 7.93. The normalized spacial score (nSPS) is 24.7. The molecule has 0 bridgehead atoms. The van der Waals surface area contributed by atoms with Gasteiger partial charge in [-0.25, -0.2) is 0 Å². The van der Waals surface area contributed by atoms with E-state index in [9.17, 15) is 4.79 Å². The maximum absolute atomic E-state index is 13.2. The van der Waals surface area contributed by atoms with Crippen molar-refractivity contribution in [1.29, 1.82) is 0 Å². The quantitative estimate of drug-likeness (QED) is 0.622. The second kappa shape index (κ2) is 5.65. The molecular weight excluding hydrogens is 344 g/mol. The standard InChI is InChI=1S/C25H20N2O/c28-22-16-25(24-19-11-5-4-8-17(19)14-15-27(22)24)20-12-6-7-13-21(20)26-23(25)18-9-2-1-3-10-18/h1-13,24H,14-16H2/t24-,25-/m0/s1. The topological polar surface area (TPSA) is 32.7 Å². The number of nitrogens with zero attached hydrogens (tertiary/aromatic N) is 2. The van der Waals surface area contributed by atoms with E-state index in [4.69, 9.17) is 4.99 Å². The van der Waals surface area contributed by atoms with Crippen LogP contribution in [0, 0.1) is 0 Å². The van der Waals surface area contributed by atoms with E-state index in [1.165, 1.54) is 16.7 Å². The molecule has 0 aromatic heterocycles. The van der Waals surface area contributed by atoms with Crippen molar-refractivity contribution < 1.29 is 4.79 Å². The predicted molar refractivity (Wildman–Crippen MR) is 110 cm³/mol. The average Bonchev–Trinajstić information content (AvgIpc) is 3.24. The number of hydrogen-bond donors (Lipinski definition) is 0. The van der Waals surface area contributed by atoms with Crippen LogP contribution in [0.4, 0.5) is 5.69 Å². The number of fused-ring (bicyclic) bond motifs is 6. The third kappa shape index (κ3) is 1.94. The molecule has 0 aliphatic carbocycles. The lowest BCUT2D eigenvalue weighted by Gasteiger charge is -2.41. The van der Waals surface area contributed by atoms with Gasteiger partial charge in [0, 0.05) is 13.0 Å². The fraction of sp³-hybridized carbons (Fsp3) is 0.200. The zero-order valence-electron chi connectivity index (χ0n) is 15.5. The van der Waals surface area contributed by atoms with Gasteiger partial charge in [0.1, 0.15) is 0 Å². The molecule has 1 fully saturated rings. The molecule has 3 heteroatoms. The summed E-state index contributed by atoms with van der Waals surface area (Å²) in [6.07, 6.45) is 1.41. The van der Waals surface area contributed by atoms with Crippen LogP contribution in [0.2, 0.25) is 0 Å². The van der Waals surface area contributed by atoms with E-state index in [2.05, 4.69) is 71.6 Å². The molecule has 28 heavy (non-hydrogen) atoms. The second-order valence-corrected chi connectivity index (χ2v) is 7.93. The van der Waals surface area contributed by atoms with Crippen LogP contribution >= 0.6 is 0 Å². The van der Waals surface area contributed by atoms with Gasteiger partial charge in [-0.05, 0) is 34.7 Å². The van der Waals surface area contributed by atoms with Crippen molar-refractivity contribution in [3.05, 3.63) is 101 Å². The Balaban J connectivity index is 1.66. The van der Waals surface area contributed by atoms with Gasteiger partial charge >= 0.3 is 0 Å². The number of carbonyl (C=O) groups excluding carboxylic acids is 1. The van der Waals surface area contributed by atoms with E-state index < -0.39 is 5.41 Å². The zero-order chi connectivity index (χ0) is 18.7. The maximum Gasteiger partial charge on any atom is 0.224 e. The third-order valence-corrected chi connectivity index (χ3v) is 6.59. The lowest BCUT2D eigenvalue weighted by atomic mass is 9.66. The summed E-state index contributed by atoms with van der Waals surface area (Å²) in [5, 5.41) is 0. The lowest BCUT2D eigenvalue weighted by Crippen LogP contribution is -2.43. The summed E-state index contributed by atoms with van der Waals surface area (Å²) in [5.41, 5.74) is 6.54. The number of rotatable bonds is 1. The van der Waals surface area contributed by atoms with Crippen LogP contribution in [0.1, 0.15) is 34.7 Å². The summed E-state index contributed by atoms with van der Waals surface area (Å²) in [6, 6.07) is 27.4. The Hall–Kier alpha value is -3.20. The first-order valence-electron chi connectivity index (χ1n) is 9.90. The van der Waals surface area contributed by atoms with Gasteiger partial charge in [0.2, 0.25) is 5.91 Å². The van der Waals surface area contributed by atoms with Crippen molar-refractivity contribution in [3.63, 3.8) is 0 Å². The number of amides is 1. The number of para-hydroxylation sites is 1. The molecule has 1 amide bonds. The fourth-order valence-electron chi connectivity index (χ4n) is 5.47. The van der Waals surface area contributed by atoms with Gasteiger partial charge in [0.15, 0.2) is 0 Å². The molecule has 0 radical (unpaired) electrons. The van der Waals surface area contributed by atoms with Crippen molar-refractivity contribution in [1.82, 2.24) is 4.90 Å². The van der Waals surface area contributed by atoms with Crippen LogP contribution in [0.5, 0.6) is 0 Å². The van der Waals surface area contributed by atoms with Gasteiger partial charge in [-0.3, -0.25) is 9.79 Å². The molecule has 3 nitrogen and oxygen atoms in total. The molecule has 1 saturated heterocycles. The molecule has 2 atom stereocenters. The van der Waals surface area contributed by atoms with Crippen molar-refractivity contribution in [3.8, 4) is 0 Å². The van der Waals surface area contributed by atoms with Gasteiger partial charge in [0.05, 0.1) is 22.9 Å². The first-order chi connectivity index (χ1) is 13.8. The Morgan fingerprint density at radius 1 is 0.893 bits per heavy atom. The summed E-state index contributed by atoms with van der Waals surface area (Å²) >= 11 is 0. The van der Waals surface area contributed by atoms with Crippen molar-refractivity contribution in [2.24, 2.45) is 4.99 Å². The Bertz CT molecular complexity index is 1130. The number of carbonyl (C=O) groups is 1. The molecule has 0 N–H and O–H groups in total. The number of hydrogen-bond acceptors (Lipinski definition) is 2. The van der Waals surface area contributed by atoms with Crippen LogP contribution in [0.15, 0.2) is 83.9 Å². The Kier molecular flexibility index (Phi) is 3.19. The summed E-state index contributed by atoms with van der Waals surface area (Å²) in [5.74, 6) is 0.236. The molecule has 1 spiro atoms. The maximum atomic E-state index is 13.2. The molecule has 3 aromatic carbocycles. The minimum atomic E-state index is -0.425. The monoisotopic (exact) mass is 364 g/mol. The van der Waals surface area contributed by atoms with E-state index in [-0.39, 0.29) is 11.9 Å². The van der Waals surface area contributed by atoms with Crippen LogP contribution < -0.4 is 0 Å². The van der Waals surface area contributed by atoms with Crippen molar-refractivity contribution >= 4 is 17.3 Å². The lowest BCUT2D eigenvalue weighted by molar-refractivity contribution is -0.129. The van der Waals surface area contributed by atoms with Gasteiger partial charge in [0.25, 0.3) is 0 Å². The molecule has 3 heterocycles. The highest BCUT2D eigenvalue weighted by atomic mass is 16.2. The van der Waals surface area contributed by atoms with Crippen molar-refractivity contribution in [2.75, 3.05) is 6.54 Å². The first-order valence-corrected chi connectivity index (χ1v) is 9.90. The minimum Gasteiger partial charge on any atom is -0.334 e. The van der Waals surface area contributed by atoms with E-state index in [0.717, 1.165) is 29.9 Å². The highest BCUT2D eigenvalue weighted by molar-refractivity contribution is 6.16. The van der Waals surface area contributed by atoms with Crippen LogP contribution in [-0.4, -0.2) is 23.1 Å². The van der Waals surface area contributed by atoms with Gasteiger partial charge in [-0.15, -0.1) is 0 Å². The minimum absolute atomic E-state index is 0.00700. The largest absolute Gasteiger partial charge is 0.334 e. The van der Waals surface area contributed by atoms with E-state index >= 15 is 0 Å². The van der Waals surface area contributed by atoms with Crippen molar-refractivity contribution in [2.45, 2.75) is 24.3 Å². The molecule has 6 rings (SSSR count). The van der Waals surface area contributed by atoms with Gasteiger partial charge < -0.3 is 4.90 Å². The highest BCUT2D eigenvalue weighted by Crippen LogP contribution is 2.58. The summed E-state index contributed by atoms with van der Waals surface area (Å²) < 4.78 is 0. The molecule has 136 valence electrons. The van der Waals surface area contributed by atoms with E-state index in [1.54, 1.807) is 0 Å². The molecule has 3 aliphatic heterocycles. The molecule has 0 saturated carbocycles. The first kappa shape index (κ1) is 15.8. The smallest absolute Gasteiger partial charge is 0.224 e. The van der Waals surface area contributed by atoms with Gasteiger partial charge in [-0.1, -0.05) is 72.8 Å². The van der Waals surface area contributed by atoms with E-state index in [0.29, 0.717) is 6.42 Å². The fourth-order valence-corrected chi connectivity index (χ4v) is 5.47. The van der Waals surface area contributed by atoms with E-state index in [1.807, 2.05) is 12.1 Å². The molecule has 3 aromatic rings. The van der Waals surface area contributed by atoms with Crippen LogP contribution in [-0.2, 0) is 16.6 Å². The summed E-state index contributed by atoms with van der Waals surface area (Å²) in [7, 11) is 0. The van der Waals surface area contributed by atoms with Crippen LogP contribution in [0.25, 0.3) is 0 Å². The SMILES string of the molecule is O=C1C[C@]2(C(c3ccccc3)=Nc3ccccc32)[C@@H]2c3ccccc3CCN12. The highest BCUT2D eigenvalue weighted by Gasteiger charge is 2.60. The zero-order valence-corrected chi connectivity index (χ0v) is 15.5. The van der Waals surface area contributed by atoms with Gasteiger partial charge in [-0.2, -0.15) is 0 Å². The molecule has 0 unspecified atom stereocenters. The average molecular weight is 364 g/mol. The summed E-state index contributed by atoms with van der Waals surface area (Å²) in [4.78, 5) is 20.4. The summed E-state index contributed by atoms with van der Waals surface area (Å²) in [6.45, 7) is 0.784. The van der Waals surface area contributed by atoms with Crippen LogP contribution in [0.3, 0.4) is 0 Å². The Morgan fingerprint density at radius 3 is 2.54 bits per heavy atom. The third-order valence-electron chi connectivity index (χ3n) is 6.59. The molecule has 3 aliphatic rings.